The number of furan rings is 2. The van der Waals surface area contributed by atoms with Gasteiger partial charge in [0, 0.05) is 27.8 Å². The maximum Gasteiger partial charge on any atom is 0.149 e. The first-order chi connectivity index (χ1) is 9.72. The molecule has 0 fully saturated rings. The number of benzene rings is 1. The van der Waals surface area contributed by atoms with Crippen molar-refractivity contribution < 1.29 is 14.3 Å². The topological polar surface area (TPSA) is 52.3 Å². The predicted octanol–water partition coefficient (Wildman–Crippen LogP) is 4.25. The van der Waals surface area contributed by atoms with Crippen LogP contribution in [-0.4, -0.2) is 6.02 Å². The summed E-state index contributed by atoms with van der Waals surface area (Å²) < 4.78 is 41.9. The lowest BCUT2D eigenvalue weighted by molar-refractivity contribution is 0.604. The predicted molar refractivity (Wildman–Crippen MR) is 78.3 cm³/mol. The molecule has 96 valence electrons. The van der Waals surface area contributed by atoms with Gasteiger partial charge in [0.15, 0.2) is 0 Å². The zero-order valence-corrected chi connectivity index (χ0v) is 11.6. The monoisotopic (exact) mass is 333 g/mol. The number of halogens is 2. The average Bonchev–Trinajstić information content (AvgIpc) is 3.01. The van der Waals surface area contributed by atoms with Crippen LogP contribution in [0.5, 0.6) is 0 Å². The minimum atomic E-state index is -2.60. The van der Waals surface area contributed by atoms with Crippen molar-refractivity contribution in [1.82, 2.24) is 0 Å². The Balaban J connectivity index is 0.00000176. The Kier molecular flexibility index (Phi) is 2.48. The molecule has 0 aliphatic heterocycles. The van der Waals surface area contributed by atoms with Crippen LogP contribution in [0.15, 0.2) is 38.0 Å². The third-order valence-corrected chi connectivity index (χ3v) is 3.52. The molecule has 0 unspecified atom stereocenters. The second kappa shape index (κ2) is 4.96. The van der Waals surface area contributed by atoms with Crippen molar-refractivity contribution in [2.24, 2.45) is 5.73 Å². The highest BCUT2D eigenvalue weighted by molar-refractivity contribution is 9.10. The highest BCUT2D eigenvalue weighted by atomic mass is 79.9. The Morgan fingerprint density at radius 1 is 1.33 bits per heavy atom. The summed E-state index contributed by atoms with van der Waals surface area (Å²) in [6.45, 7) is -2.60. The zero-order valence-electron chi connectivity index (χ0n) is 13.2. The molecule has 0 aliphatic rings. The van der Waals surface area contributed by atoms with Crippen molar-refractivity contribution in [1.29, 1.82) is 0 Å². The lowest BCUT2D eigenvalue weighted by Gasteiger charge is -2.08. The quantitative estimate of drug-likeness (QED) is 0.762. The molecule has 2 aromatic heterocycles. The number of nitrogens with two attached hydrogens (primary N) is 1. The first-order valence-corrected chi connectivity index (χ1v) is 5.85. The number of fused-ring (bicyclic) bond motifs is 2. The van der Waals surface area contributed by atoms with Crippen molar-refractivity contribution in [3.8, 4) is 0 Å². The molecule has 2 heterocycles. The number of hydrogen-bond acceptors (Lipinski definition) is 3. The molecule has 3 nitrogen and oxygen atoms in total. The Morgan fingerprint density at radius 3 is 2.72 bits per heavy atom. The molecule has 0 spiro atoms. The van der Waals surface area contributed by atoms with Gasteiger partial charge >= 0.3 is 0 Å². The van der Waals surface area contributed by atoms with Crippen molar-refractivity contribution in [3.63, 3.8) is 0 Å². The fraction of sp³-hybridized carbons (Fsp3) is 0.231. The summed E-state index contributed by atoms with van der Waals surface area (Å²) in [5.74, 6) is 0. The first kappa shape index (κ1) is 9.02. The number of hydrogen-bond donors (Lipinski definition) is 1. The molecule has 1 aromatic carbocycles. The van der Waals surface area contributed by atoms with Crippen molar-refractivity contribution in [2.45, 2.75) is 19.3 Å². The zero-order chi connectivity index (χ0) is 15.4. The molecule has 0 amide bonds. The molecule has 0 saturated carbocycles. The summed E-state index contributed by atoms with van der Waals surface area (Å²) in [4.78, 5) is 0. The van der Waals surface area contributed by atoms with Crippen LogP contribution in [0.1, 0.15) is 17.9 Å². The van der Waals surface area contributed by atoms with Gasteiger partial charge < -0.3 is 14.6 Å². The number of rotatable bonds is 2. The van der Waals surface area contributed by atoms with Gasteiger partial charge in [0.1, 0.15) is 11.2 Å². The summed E-state index contributed by atoms with van der Waals surface area (Å²) >= 11 is 3.45. The third kappa shape index (κ3) is 1.94. The highest BCUT2D eigenvalue weighted by Gasteiger charge is 2.17. The van der Waals surface area contributed by atoms with Gasteiger partial charge in [0.2, 0.25) is 0 Å². The molecule has 0 saturated heterocycles. The summed E-state index contributed by atoms with van der Waals surface area (Å²) in [5, 5.41) is 1.45. The maximum atomic E-state index is 7.96. The van der Waals surface area contributed by atoms with E-state index in [2.05, 4.69) is 15.9 Å². The van der Waals surface area contributed by atoms with Crippen molar-refractivity contribution in [3.05, 3.63) is 34.7 Å². The van der Waals surface area contributed by atoms with Crippen LogP contribution in [0.3, 0.4) is 0 Å². The normalized spacial score (nSPS) is 18.6. The van der Waals surface area contributed by atoms with Crippen LogP contribution < -0.4 is 5.73 Å². The van der Waals surface area contributed by atoms with E-state index in [4.69, 9.17) is 20.1 Å². The molecule has 1 atom stereocenters. The molecule has 5 heteroatoms. The Bertz CT molecular complexity index is 773. The van der Waals surface area contributed by atoms with E-state index < -0.39 is 12.9 Å². The van der Waals surface area contributed by atoms with Gasteiger partial charge in [-0.2, -0.15) is 0 Å². The molecule has 18 heavy (non-hydrogen) atoms. The molecule has 0 bridgehead atoms. The van der Waals surface area contributed by atoms with Crippen LogP contribution in [0, 0.1) is 0 Å². The Hall–Kier alpha value is -0.970. The molecule has 3 rings (SSSR count). The van der Waals surface area contributed by atoms with Gasteiger partial charge in [-0.1, -0.05) is 0 Å². The Labute approximate surface area is 124 Å². The van der Waals surface area contributed by atoms with E-state index in [-0.39, 0.29) is 18.8 Å². The van der Waals surface area contributed by atoms with E-state index in [0.717, 1.165) is 9.86 Å². The Morgan fingerprint density at radius 2 is 2.00 bits per heavy atom. The van der Waals surface area contributed by atoms with Crippen molar-refractivity contribution >= 4 is 50.3 Å². The standard InChI is InChI=1S/C13H12BrNO2.ClH/c1-7(15)6-10-8-2-4-17-13(8)11(14)9-3-5-16-12(9)10;/h2-5,7H,6,15H2,1H3;1H/t7-;/m1./s1/i1D3,7D;. The largest absolute Gasteiger partial charge is 0.464 e. The second-order valence-electron chi connectivity index (χ2n) is 3.82. The summed E-state index contributed by atoms with van der Waals surface area (Å²) in [6, 6.07) is 1.36. The molecular weight excluding hydrogens is 318 g/mol. The van der Waals surface area contributed by atoms with E-state index in [1.807, 2.05) is 0 Å². The van der Waals surface area contributed by atoms with Gasteiger partial charge in [-0.05, 0) is 41.3 Å². The molecule has 2 N–H and O–H groups in total. The fourth-order valence-corrected chi connectivity index (χ4v) is 2.66. The van der Waals surface area contributed by atoms with Crippen LogP contribution >= 0.6 is 28.3 Å². The van der Waals surface area contributed by atoms with E-state index in [9.17, 15) is 0 Å². The van der Waals surface area contributed by atoms with Crippen LogP contribution in [-0.2, 0) is 6.42 Å². The van der Waals surface area contributed by atoms with E-state index >= 15 is 0 Å². The molecule has 0 aliphatic carbocycles. The maximum absolute atomic E-state index is 7.96. The summed E-state index contributed by atoms with van der Waals surface area (Å²) in [7, 11) is 0. The third-order valence-electron chi connectivity index (χ3n) is 2.73. The molecule has 0 radical (unpaired) electrons. The van der Waals surface area contributed by atoms with Gasteiger partial charge in [-0.25, -0.2) is 0 Å². The highest BCUT2D eigenvalue weighted by Crippen LogP contribution is 2.37. The first-order valence-electron chi connectivity index (χ1n) is 7.06. The van der Waals surface area contributed by atoms with E-state index in [0.29, 0.717) is 22.1 Å². The average molecular weight is 335 g/mol. The van der Waals surface area contributed by atoms with Gasteiger partial charge in [0.05, 0.1) is 17.0 Å². The SMILES string of the molecule is Cl.[2H]C([2H])([2H])[C@@]([2H])(N)Cc1c2ccoc2c(Br)c2ccoc12. The minimum absolute atomic E-state index is 0. The van der Waals surface area contributed by atoms with Gasteiger partial charge in [0.25, 0.3) is 0 Å². The van der Waals surface area contributed by atoms with Crippen molar-refractivity contribution in [2.75, 3.05) is 0 Å². The minimum Gasteiger partial charge on any atom is -0.464 e. The van der Waals surface area contributed by atoms with E-state index in [1.54, 1.807) is 12.1 Å². The summed E-state index contributed by atoms with van der Waals surface area (Å²) in [5.41, 5.74) is 7.37. The second-order valence-corrected chi connectivity index (χ2v) is 4.61. The van der Waals surface area contributed by atoms with Crippen LogP contribution in [0.4, 0.5) is 0 Å². The summed E-state index contributed by atoms with van der Waals surface area (Å²) in [6.07, 6.45) is 2.85. The lowest BCUT2D eigenvalue weighted by atomic mass is 10.0. The van der Waals surface area contributed by atoms with Crippen LogP contribution in [0.25, 0.3) is 21.9 Å². The smallest absolute Gasteiger partial charge is 0.149 e. The fourth-order valence-electron chi connectivity index (χ4n) is 2.04. The van der Waals surface area contributed by atoms with Gasteiger partial charge in [-0.3, -0.25) is 0 Å². The van der Waals surface area contributed by atoms with Crippen LogP contribution in [0.2, 0.25) is 0 Å². The van der Waals surface area contributed by atoms with Gasteiger partial charge in [-0.15, -0.1) is 12.4 Å². The molecular formula is C13H13BrClNO2. The lowest BCUT2D eigenvalue weighted by Crippen LogP contribution is -2.18. The van der Waals surface area contributed by atoms with E-state index in [1.165, 1.54) is 12.5 Å². The molecule has 3 aromatic rings.